The Labute approximate surface area is 147 Å². The smallest absolute Gasteiger partial charge is 0.228 e. The van der Waals surface area contributed by atoms with E-state index in [4.69, 9.17) is 4.74 Å². The van der Waals surface area contributed by atoms with Gasteiger partial charge in [-0.15, -0.1) is 0 Å². The Morgan fingerprint density at radius 2 is 2.00 bits per heavy atom. The summed E-state index contributed by atoms with van der Waals surface area (Å²) in [6.07, 6.45) is 4.09. The van der Waals surface area contributed by atoms with Crippen molar-refractivity contribution in [2.24, 2.45) is 10.9 Å². The van der Waals surface area contributed by atoms with E-state index in [2.05, 4.69) is 46.7 Å². The molecule has 0 fully saturated rings. The lowest BCUT2D eigenvalue weighted by molar-refractivity contribution is 0.243. The molecule has 0 saturated heterocycles. The monoisotopic (exact) mass is 379 g/mol. The SMILES string of the molecule is CCN(C)C=Nc1cc(Br)c(OCC2CC(C)=C(C)C2)nc1C. The van der Waals surface area contributed by atoms with Gasteiger partial charge >= 0.3 is 0 Å². The van der Waals surface area contributed by atoms with E-state index in [1.807, 2.05) is 31.3 Å². The molecular formula is C18H26BrN3O. The number of nitrogens with zero attached hydrogens (tertiary/aromatic N) is 3. The molecule has 4 nitrogen and oxygen atoms in total. The topological polar surface area (TPSA) is 37.7 Å². The number of ether oxygens (including phenoxy) is 1. The minimum Gasteiger partial charge on any atom is -0.477 e. The molecular weight excluding hydrogens is 354 g/mol. The first-order valence-electron chi connectivity index (χ1n) is 8.10. The number of halogens is 1. The zero-order valence-electron chi connectivity index (χ0n) is 14.7. The van der Waals surface area contributed by atoms with E-state index in [-0.39, 0.29) is 0 Å². The highest BCUT2D eigenvalue weighted by molar-refractivity contribution is 9.10. The lowest BCUT2D eigenvalue weighted by Crippen LogP contribution is -2.14. The first kappa shape index (κ1) is 18.0. The van der Waals surface area contributed by atoms with Crippen LogP contribution in [0.4, 0.5) is 5.69 Å². The minimum absolute atomic E-state index is 0.569. The molecule has 126 valence electrons. The van der Waals surface area contributed by atoms with Crippen molar-refractivity contribution < 1.29 is 4.74 Å². The van der Waals surface area contributed by atoms with Gasteiger partial charge in [0, 0.05) is 19.5 Å². The number of hydrogen-bond acceptors (Lipinski definition) is 3. The second-order valence-corrected chi connectivity index (χ2v) is 7.20. The van der Waals surface area contributed by atoms with Gasteiger partial charge in [0.15, 0.2) is 0 Å². The summed E-state index contributed by atoms with van der Waals surface area (Å²) in [5, 5.41) is 0. The Balaban J connectivity index is 2.01. The molecule has 0 atom stereocenters. The molecule has 0 spiro atoms. The third-order valence-electron chi connectivity index (χ3n) is 4.37. The highest BCUT2D eigenvalue weighted by Gasteiger charge is 2.20. The van der Waals surface area contributed by atoms with Crippen molar-refractivity contribution in [3.05, 3.63) is 27.4 Å². The lowest BCUT2D eigenvalue weighted by atomic mass is 10.1. The highest BCUT2D eigenvalue weighted by Crippen LogP contribution is 2.33. The summed E-state index contributed by atoms with van der Waals surface area (Å²) in [5.74, 6) is 1.23. The maximum absolute atomic E-state index is 5.95. The van der Waals surface area contributed by atoms with Crippen molar-refractivity contribution in [3.63, 3.8) is 0 Å². The van der Waals surface area contributed by atoms with E-state index >= 15 is 0 Å². The van der Waals surface area contributed by atoms with Crippen LogP contribution in [0.25, 0.3) is 0 Å². The molecule has 1 heterocycles. The van der Waals surface area contributed by atoms with Gasteiger partial charge in [-0.05, 0) is 62.5 Å². The Kier molecular flexibility index (Phi) is 6.22. The molecule has 23 heavy (non-hydrogen) atoms. The van der Waals surface area contributed by atoms with Gasteiger partial charge in [-0.3, -0.25) is 0 Å². The molecule has 0 bridgehead atoms. The molecule has 0 saturated carbocycles. The molecule has 0 aliphatic heterocycles. The summed E-state index contributed by atoms with van der Waals surface area (Å²) in [6.45, 7) is 10.1. The van der Waals surface area contributed by atoms with Gasteiger partial charge in [-0.25, -0.2) is 9.98 Å². The van der Waals surface area contributed by atoms with Gasteiger partial charge in [-0.2, -0.15) is 0 Å². The van der Waals surface area contributed by atoms with E-state index < -0.39 is 0 Å². The number of allylic oxidation sites excluding steroid dienone is 2. The lowest BCUT2D eigenvalue weighted by Gasteiger charge is -2.14. The highest BCUT2D eigenvalue weighted by atomic mass is 79.9. The molecule has 0 radical (unpaired) electrons. The minimum atomic E-state index is 0.569. The Bertz CT molecular complexity index is 611. The number of aliphatic imine (C=N–C) groups is 1. The van der Waals surface area contributed by atoms with Crippen LogP contribution in [-0.4, -0.2) is 36.4 Å². The van der Waals surface area contributed by atoms with E-state index in [0.717, 1.165) is 35.2 Å². The largest absolute Gasteiger partial charge is 0.477 e. The summed E-state index contributed by atoms with van der Waals surface area (Å²) in [6, 6.07) is 1.97. The number of pyridine rings is 1. The van der Waals surface area contributed by atoms with Crippen LogP contribution in [0.15, 0.2) is 26.7 Å². The second kappa shape index (κ2) is 7.95. The van der Waals surface area contributed by atoms with Crippen LogP contribution in [0, 0.1) is 12.8 Å². The maximum atomic E-state index is 5.95. The maximum Gasteiger partial charge on any atom is 0.228 e. The van der Waals surface area contributed by atoms with Crippen molar-refractivity contribution in [2.75, 3.05) is 20.2 Å². The molecule has 0 N–H and O–H groups in total. The van der Waals surface area contributed by atoms with Crippen LogP contribution in [0.5, 0.6) is 5.88 Å². The summed E-state index contributed by atoms with van der Waals surface area (Å²) in [7, 11) is 2.00. The van der Waals surface area contributed by atoms with E-state index in [1.165, 1.54) is 11.1 Å². The van der Waals surface area contributed by atoms with E-state index in [1.54, 1.807) is 0 Å². The van der Waals surface area contributed by atoms with Crippen molar-refractivity contribution in [1.29, 1.82) is 0 Å². The number of hydrogen-bond donors (Lipinski definition) is 0. The van der Waals surface area contributed by atoms with Crippen LogP contribution in [0.3, 0.4) is 0 Å². The number of aromatic nitrogens is 1. The van der Waals surface area contributed by atoms with Crippen LogP contribution in [-0.2, 0) is 0 Å². The Morgan fingerprint density at radius 1 is 1.35 bits per heavy atom. The quantitative estimate of drug-likeness (QED) is 0.401. The van der Waals surface area contributed by atoms with Crippen LogP contribution in [0.1, 0.15) is 39.3 Å². The summed E-state index contributed by atoms with van der Waals surface area (Å²) >= 11 is 3.55. The van der Waals surface area contributed by atoms with Gasteiger partial charge in [-0.1, -0.05) is 11.1 Å². The van der Waals surface area contributed by atoms with Crippen molar-refractivity contribution in [2.45, 2.75) is 40.5 Å². The molecule has 0 amide bonds. The van der Waals surface area contributed by atoms with Crippen LogP contribution < -0.4 is 4.74 Å². The molecule has 5 heteroatoms. The number of aryl methyl sites for hydroxylation is 1. The summed E-state index contributed by atoms with van der Waals surface area (Å²) in [5.41, 5.74) is 4.75. The van der Waals surface area contributed by atoms with Crippen molar-refractivity contribution >= 4 is 28.0 Å². The predicted molar refractivity (Wildman–Crippen MR) is 99.7 cm³/mol. The Morgan fingerprint density at radius 3 is 2.61 bits per heavy atom. The third-order valence-corrected chi connectivity index (χ3v) is 4.94. The standard InChI is InChI=1S/C18H26BrN3O/c1-6-22(5)11-20-17-9-16(19)18(21-14(17)4)23-10-15-7-12(2)13(3)8-15/h9,11,15H,6-8,10H2,1-5H3. The fourth-order valence-electron chi connectivity index (χ4n) is 2.62. The number of rotatable bonds is 6. The first-order chi connectivity index (χ1) is 10.9. The molecule has 0 aromatic carbocycles. The Hall–Kier alpha value is -1.36. The van der Waals surface area contributed by atoms with Crippen LogP contribution in [0.2, 0.25) is 0 Å². The van der Waals surface area contributed by atoms with Crippen LogP contribution >= 0.6 is 15.9 Å². The zero-order valence-corrected chi connectivity index (χ0v) is 16.3. The molecule has 2 rings (SSSR count). The molecule has 1 aromatic heterocycles. The summed E-state index contributed by atoms with van der Waals surface area (Å²) in [4.78, 5) is 11.1. The van der Waals surface area contributed by atoms with Gasteiger partial charge in [0.25, 0.3) is 0 Å². The van der Waals surface area contributed by atoms with Gasteiger partial charge in [0.2, 0.25) is 5.88 Å². The average molecular weight is 380 g/mol. The third kappa shape index (κ3) is 4.80. The second-order valence-electron chi connectivity index (χ2n) is 6.34. The van der Waals surface area contributed by atoms with E-state index in [0.29, 0.717) is 18.4 Å². The molecule has 0 unspecified atom stereocenters. The first-order valence-corrected chi connectivity index (χ1v) is 8.89. The van der Waals surface area contributed by atoms with Crippen molar-refractivity contribution in [3.8, 4) is 5.88 Å². The normalized spacial score (nSPS) is 15.7. The van der Waals surface area contributed by atoms with Crippen molar-refractivity contribution in [1.82, 2.24) is 9.88 Å². The molecule has 1 aliphatic carbocycles. The predicted octanol–water partition coefficient (Wildman–Crippen LogP) is 4.89. The molecule has 1 aromatic rings. The van der Waals surface area contributed by atoms with Gasteiger partial charge < -0.3 is 9.64 Å². The summed E-state index contributed by atoms with van der Waals surface area (Å²) < 4.78 is 6.81. The fourth-order valence-corrected chi connectivity index (χ4v) is 3.04. The zero-order chi connectivity index (χ0) is 17.0. The fraction of sp³-hybridized carbons (Fsp3) is 0.556. The van der Waals surface area contributed by atoms with E-state index in [9.17, 15) is 0 Å². The average Bonchev–Trinajstić information content (AvgIpc) is 2.84. The van der Waals surface area contributed by atoms with Gasteiger partial charge in [0.1, 0.15) is 0 Å². The van der Waals surface area contributed by atoms with Gasteiger partial charge in [0.05, 0.1) is 28.8 Å². The molecule has 1 aliphatic rings.